The van der Waals surface area contributed by atoms with E-state index < -0.39 is 0 Å². The number of aliphatic imine (C=N–C) groups is 1. The lowest BCUT2D eigenvalue weighted by Gasteiger charge is -2.05. The van der Waals surface area contributed by atoms with E-state index in [1.165, 1.54) is 22.3 Å². The van der Waals surface area contributed by atoms with Crippen molar-refractivity contribution in [2.75, 3.05) is 20.3 Å². The maximum absolute atomic E-state index is 5.49. The quantitative estimate of drug-likeness (QED) is 0.810. The fourth-order valence-corrected chi connectivity index (χ4v) is 2.62. The van der Waals surface area contributed by atoms with Gasteiger partial charge in [-0.1, -0.05) is 0 Å². The Morgan fingerprint density at radius 3 is 2.11 bits per heavy atom. The highest BCUT2D eigenvalue weighted by molar-refractivity contribution is 6.17. The SMILES string of the molecule is COc1ccc(N=C2C(C)=C3COCC3=C2C)cc1. The van der Waals surface area contributed by atoms with Crippen molar-refractivity contribution < 1.29 is 9.47 Å². The van der Waals surface area contributed by atoms with E-state index in [0.29, 0.717) is 0 Å². The molecule has 0 spiro atoms. The summed E-state index contributed by atoms with van der Waals surface area (Å²) in [6.45, 7) is 5.70. The van der Waals surface area contributed by atoms with Crippen LogP contribution in [-0.2, 0) is 4.74 Å². The van der Waals surface area contributed by atoms with Crippen molar-refractivity contribution in [2.24, 2.45) is 4.99 Å². The molecule has 0 saturated carbocycles. The number of rotatable bonds is 2. The summed E-state index contributed by atoms with van der Waals surface area (Å²) in [4.78, 5) is 4.77. The Morgan fingerprint density at radius 2 is 1.58 bits per heavy atom. The number of methoxy groups -OCH3 is 1. The number of hydrogen-bond acceptors (Lipinski definition) is 3. The molecule has 0 unspecified atom stereocenters. The first-order valence-electron chi connectivity index (χ1n) is 6.42. The van der Waals surface area contributed by atoms with Gasteiger partial charge in [-0.25, -0.2) is 4.99 Å². The maximum atomic E-state index is 5.49. The van der Waals surface area contributed by atoms with E-state index in [9.17, 15) is 0 Å². The number of allylic oxidation sites excluding steroid dienone is 2. The summed E-state index contributed by atoms with van der Waals surface area (Å²) in [5.41, 5.74) is 7.20. The second kappa shape index (κ2) is 4.67. The van der Waals surface area contributed by atoms with Crippen molar-refractivity contribution in [2.45, 2.75) is 13.8 Å². The number of hydrogen-bond donors (Lipinski definition) is 0. The lowest BCUT2D eigenvalue weighted by molar-refractivity contribution is 0.214. The Balaban J connectivity index is 1.98. The molecular formula is C16H17NO2. The van der Waals surface area contributed by atoms with Gasteiger partial charge in [-0.2, -0.15) is 0 Å². The lowest BCUT2D eigenvalue weighted by Crippen LogP contribution is -2.00. The van der Waals surface area contributed by atoms with Crippen LogP contribution < -0.4 is 4.74 Å². The van der Waals surface area contributed by atoms with Gasteiger partial charge in [-0.05, 0) is 60.4 Å². The second-order valence-corrected chi connectivity index (χ2v) is 4.86. The largest absolute Gasteiger partial charge is 0.497 e. The van der Waals surface area contributed by atoms with Crippen molar-refractivity contribution in [3.05, 3.63) is 46.6 Å². The van der Waals surface area contributed by atoms with Gasteiger partial charge in [0.2, 0.25) is 0 Å². The fourth-order valence-electron chi connectivity index (χ4n) is 2.62. The molecule has 0 atom stereocenters. The fraction of sp³-hybridized carbons (Fsp3) is 0.312. The summed E-state index contributed by atoms with van der Waals surface area (Å²) in [7, 11) is 1.67. The van der Waals surface area contributed by atoms with Crippen molar-refractivity contribution in [3.8, 4) is 5.75 Å². The van der Waals surface area contributed by atoms with Crippen molar-refractivity contribution in [3.63, 3.8) is 0 Å². The minimum atomic E-state index is 0.722. The van der Waals surface area contributed by atoms with Gasteiger partial charge < -0.3 is 9.47 Å². The van der Waals surface area contributed by atoms with E-state index in [-0.39, 0.29) is 0 Å². The highest BCUT2D eigenvalue weighted by Gasteiger charge is 2.29. The first-order chi connectivity index (χ1) is 9.20. The topological polar surface area (TPSA) is 30.8 Å². The molecule has 1 heterocycles. The zero-order chi connectivity index (χ0) is 13.4. The highest BCUT2D eigenvalue weighted by Crippen LogP contribution is 2.35. The number of ether oxygens (including phenoxy) is 2. The van der Waals surface area contributed by atoms with Crippen molar-refractivity contribution in [1.29, 1.82) is 0 Å². The Kier molecular flexibility index (Phi) is 2.99. The van der Waals surface area contributed by atoms with Crippen LogP contribution in [0.3, 0.4) is 0 Å². The third-order valence-corrected chi connectivity index (χ3v) is 3.79. The Bertz CT molecular complexity index is 578. The zero-order valence-corrected chi connectivity index (χ0v) is 11.5. The third kappa shape index (κ3) is 2.00. The molecule has 0 bridgehead atoms. The predicted octanol–water partition coefficient (Wildman–Crippen LogP) is 3.44. The van der Waals surface area contributed by atoms with E-state index in [0.717, 1.165) is 30.4 Å². The van der Waals surface area contributed by atoms with Crippen LogP contribution in [0.25, 0.3) is 0 Å². The number of nitrogens with zero attached hydrogens (tertiary/aromatic N) is 1. The Morgan fingerprint density at radius 1 is 1.00 bits per heavy atom. The Hall–Kier alpha value is -1.87. The molecule has 1 aromatic rings. The molecule has 0 amide bonds. The molecule has 0 aromatic heterocycles. The van der Waals surface area contributed by atoms with Crippen LogP contribution in [0.5, 0.6) is 5.75 Å². The summed E-state index contributed by atoms with van der Waals surface area (Å²) in [6.07, 6.45) is 0. The lowest BCUT2D eigenvalue weighted by atomic mass is 10.1. The van der Waals surface area contributed by atoms with Gasteiger partial charge >= 0.3 is 0 Å². The van der Waals surface area contributed by atoms with Gasteiger partial charge in [0.25, 0.3) is 0 Å². The third-order valence-electron chi connectivity index (χ3n) is 3.79. The van der Waals surface area contributed by atoms with Crippen LogP contribution in [0.2, 0.25) is 0 Å². The van der Waals surface area contributed by atoms with Gasteiger partial charge in [-0.15, -0.1) is 0 Å². The van der Waals surface area contributed by atoms with Gasteiger partial charge in [0.15, 0.2) is 0 Å². The van der Waals surface area contributed by atoms with E-state index in [1.54, 1.807) is 7.11 Å². The average molecular weight is 255 g/mol. The summed E-state index contributed by atoms with van der Waals surface area (Å²) in [6, 6.07) is 7.82. The molecule has 1 aliphatic heterocycles. The van der Waals surface area contributed by atoms with E-state index in [4.69, 9.17) is 14.5 Å². The molecule has 19 heavy (non-hydrogen) atoms. The molecule has 98 valence electrons. The summed E-state index contributed by atoms with van der Waals surface area (Å²) in [5, 5.41) is 0. The first-order valence-corrected chi connectivity index (χ1v) is 6.42. The predicted molar refractivity (Wildman–Crippen MR) is 76.3 cm³/mol. The molecule has 1 aliphatic carbocycles. The summed E-state index contributed by atoms with van der Waals surface area (Å²) < 4.78 is 10.7. The molecule has 3 rings (SSSR count). The Labute approximate surface area is 113 Å². The van der Waals surface area contributed by atoms with Crippen LogP contribution >= 0.6 is 0 Å². The van der Waals surface area contributed by atoms with Gasteiger partial charge in [0, 0.05) is 0 Å². The second-order valence-electron chi connectivity index (χ2n) is 4.86. The normalized spacial score (nSPS) is 18.2. The van der Waals surface area contributed by atoms with Crippen molar-refractivity contribution >= 4 is 11.4 Å². The molecule has 3 nitrogen and oxygen atoms in total. The standard InChI is InChI=1S/C16H17NO2/c1-10-14-8-19-9-15(14)11(2)16(10)17-12-4-6-13(18-3)7-5-12/h4-7H,8-9H2,1-3H3. The molecule has 1 fully saturated rings. The summed E-state index contributed by atoms with van der Waals surface area (Å²) in [5.74, 6) is 0.853. The number of benzene rings is 1. The van der Waals surface area contributed by atoms with E-state index >= 15 is 0 Å². The van der Waals surface area contributed by atoms with Crippen LogP contribution in [0, 0.1) is 0 Å². The molecule has 1 aromatic carbocycles. The van der Waals surface area contributed by atoms with Crippen LogP contribution in [-0.4, -0.2) is 26.0 Å². The average Bonchev–Trinajstić information content (AvgIpc) is 3.00. The molecule has 0 radical (unpaired) electrons. The van der Waals surface area contributed by atoms with Crippen molar-refractivity contribution in [1.82, 2.24) is 0 Å². The monoisotopic (exact) mass is 255 g/mol. The highest BCUT2D eigenvalue weighted by atomic mass is 16.5. The molecular weight excluding hydrogens is 238 g/mol. The maximum Gasteiger partial charge on any atom is 0.119 e. The van der Waals surface area contributed by atoms with Crippen LogP contribution in [0.15, 0.2) is 51.6 Å². The zero-order valence-electron chi connectivity index (χ0n) is 11.5. The van der Waals surface area contributed by atoms with Gasteiger partial charge in [-0.3, -0.25) is 0 Å². The van der Waals surface area contributed by atoms with E-state index in [2.05, 4.69) is 13.8 Å². The molecule has 0 N–H and O–H groups in total. The summed E-state index contributed by atoms with van der Waals surface area (Å²) >= 11 is 0. The number of fused-ring (bicyclic) bond motifs is 1. The van der Waals surface area contributed by atoms with Crippen LogP contribution in [0.1, 0.15) is 13.8 Å². The molecule has 3 heteroatoms. The minimum absolute atomic E-state index is 0.722. The molecule has 1 saturated heterocycles. The first kappa shape index (κ1) is 12.2. The minimum Gasteiger partial charge on any atom is -0.497 e. The smallest absolute Gasteiger partial charge is 0.119 e. The van der Waals surface area contributed by atoms with Gasteiger partial charge in [0.1, 0.15) is 5.75 Å². The van der Waals surface area contributed by atoms with Crippen LogP contribution in [0.4, 0.5) is 5.69 Å². The molecule has 2 aliphatic rings. The van der Waals surface area contributed by atoms with E-state index in [1.807, 2.05) is 24.3 Å². The van der Waals surface area contributed by atoms with Gasteiger partial charge in [0.05, 0.1) is 31.7 Å².